The highest BCUT2D eigenvalue weighted by atomic mass is 35.5. The largest absolute Gasteiger partial charge is 0.463 e. The summed E-state index contributed by atoms with van der Waals surface area (Å²) in [7, 11) is 0. The van der Waals surface area contributed by atoms with Gasteiger partial charge in [-0.15, -0.1) is 0 Å². The molecule has 4 atom stereocenters. The first-order chi connectivity index (χ1) is 11.5. The number of rotatable bonds is 7. The molecular weight excluding hydrogens is 344 g/mol. The monoisotopic (exact) mass is 362 g/mol. The van der Waals surface area contributed by atoms with Gasteiger partial charge in [-0.25, -0.2) is 4.79 Å². The highest BCUT2D eigenvalue weighted by Gasteiger charge is 2.44. The van der Waals surface area contributed by atoms with E-state index in [2.05, 4.69) is 9.82 Å². The summed E-state index contributed by atoms with van der Waals surface area (Å²) in [5.41, 5.74) is 4.57. The molecule has 2 rings (SSSR count). The topological polar surface area (TPSA) is 149 Å². The lowest BCUT2D eigenvalue weighted by Gasteiger charge is -2.17. The first-order valence-corrected chi connectivity index (χ1v) is 7.69. The van der Waals surface area contributed by atoms with Crippen molar-refractivity contribution < 1.29 is 24.5 Å². The molecule has 5 N–H and O–H groups in total. The number of aliphatic hydroxyl groups is 2. The van der Waals surface area contributed by atoms with Crippen molar-refractivity contribution in [2.45, 2.75) is 37.4 Å². The van der Waals surface area contributed by atoms with E-state index in [0.29, 0.717) is 13.0 Å². The van der Waals surface area contributed by atoms with Crippen molar-refractivity contribution in [3.63, 3.8) is 0 Å². The van der Waals surface area contributed by atoms with E-state index in [9.17, 15) is 19.8 Å². The van der Waals surface area contributed by atoms with Crippen LogP contribution in [0.2, 0.25) is 0 Å². The molecule has 11 heteroatoms. The smallest absolute Gasteiger partial charge is 0.351 e. The van der Waals surface area contributed by atoms with Crippen LogP contribution in [0.4, 0.5) is 5.82 Å². The Bertz CT molecular complexity index is 627. The van der Waals surface area contributed by atoms with Gasteiger partial charge in [0.05, 0.1) is 0 Å². The summed E-state index contributed by atoms with van der Waals surface area (Å²) in [6.07, 6.45) is -2.87. The summed E-state index contributed by atoms with van der Waals surface area (Å²) in [5.74, 6) is -0.345. The molecule has 4 unspecified atom stereocenters. The molecule has 10 nitrogen and oxygen atoms in total. The molecule has 1 aliphatic heterocycles. The number of nitrogens with one attached hydrogen (secondary N) is 1. The van der Waals surface area contributed by atoms with E-state index in [0.717, 1.165) is 4.57 Å². The Morgan fingerprint density at radius 3 is 2.88 bits per heavy atom. The number of nitrogens with zero attached hydrogens (tertiary/aromatic N) is 2. The number of aliphatic hydroxyl groups excluding tert-OH is 2. The molecule has 2 heterocycles. The molecule has 1 aliphatic rings. The second-order valence-corrected chi connectivity index (χ2v) is 5.41. The normalized spacial score (nSPS) is 26.3. The summed E-state index contributed by atoms with van der Waals surface area (Å²) in [5, 5.41) is 20.1. The van der Waals surface area contributed by atoms with Crippen LogP contribution < -0.4 is 16.3 Å². The molecule has 24 heavy (non-hydrogen) atoms. The molecule has 1 saturated heterocycles. The zero-order valence-electron chi connectivity index (χ0n) is 12.7. The molecular formula is C13H19ClN4O6. The molecule has 0 aliphatic carbocycles. The van der Waals surface area contributed by atoms with Crippen LogP contribution in [0.5, 0.6) is 0 Å². The number of carbonyl (C=O) groups is 1. The number of hydrogen-bond donors (Lipinski definition) is 4. The van der Waals surface area contributed by atoms with Crippen molar-refractivity contribution in [2.75, 3.05) is 18.0 Å². The predicted molar refractivity (Wildman–Crippen MR) is 83.1 cm³/mol. The third-order valence-corrected chi connectivity index (χ3v) is 3.73. The minimum atomic E-state index is -1.38. The summed E-state index contributed by atoms with van der Waals surface area (Å²) < 4.78 is 11.4. The van der Waals surface area contributed by atoms with Crippen molar-refractivity contribution in [3.8, 4) is 0 Å². The van der Waals surface area contributed by atoms with E-state index in [-0.39, 0.29) is 18.8 Å². The van der Waals surface area contributed by atoms with Gasteiger partial charge >= 0.3 is 11.7 Å². The zero-order valence-corrected chi connectivity index (χ0v) is 13.4. The first-order valence-electron chi connectivity index (χ1n) is 7.31. The Hall–Kier alpha value is -1.72. The number of anilines is 1. The van der Waals surface area contributed by atoms with Gasteiger partial charge < -0.3 is 25.4 Å². The molecule has 1 fully saturated rings. The number of esters is 1. The Morgan fingerprint density at radius 2 is 2.25 bits per heavy atom. The van der Waals surface area contributed by atoms with Crippen molar-refractivity contribution >= 4 is 23.6 Å². The van der Waals surface area contributed by atoms with E-state index in [1.165, 1.54) is 12.3 Å². The third kappa shape index (κ3) is 4.22. The lowest BCUT2D eigenvalue weighted by atomic mass is 10.1. The minimum Gasteiger partial charge on any atom is -0.463 e. The fourth-order valence-corrected chi connectivity index (χ4v) is 2.35. The van der Waals surface area contributed by atoms with E-state index < -0.39 is 36.2 Å². The lowest BCUT2D eigenvalue weighted by Crippen LogP contribution is -2.36. The van der Waals surface area contributed by atoms with Gasteiger partial charge in [-0.05, 0) is 19.0 Å². The number of nitrogens with two attached hydrogens (primary N) is 1. The maximum absolute atomic E-state index is 11.9. The van der Waals surface area contributed by atoms with Gasteiger partial charge in [-0.2, -0.15) is 4.98 Å². The fourth-order valence-electron chi connectivity index (χ4n) is 2.25. The number of aromatic nitrogens is 2. The van der Waals surface area contributed by atoms with Crippen LogP contribution in [0.15, 0.2) is 17.1 Å². The van der Waals surface area contributed by atoms with E-state index in [1.807, 2.05) is 0 Å². The van der Waals surface area contributed by atoms with E-state index in [4.69, 9.17) is 27.0 Å². The Balaban J connectivity index is 2.02. The van der Waals surface area contributed by atoms with Gasteiger partial charge in [0.2, 0.25) is 0 Å². The van der Waals surface area contributed by atoms with Gasteiger partial charge in [-0.3, -0.25) is 14.2 Å². The van der Waals surface area contributed by atoms with Crippen molar-refractivity contribution in [2.24, 2.45) is 5.73 Å². The van der Waals surface area contributed by atoms with Crippen LogP contribution in [-0.2, 0) is 14.3 Å². The number of hydrogen-bond acceptors (Lipinski definition) is 9. The molecule has 134 valence electrons. The van der Waals surface area contributed by atoms with E-state index in [1.54, 1.807) is 0 Å². The number of halogens is 1. The summed E-state index contributed by atoms with van der Waals surface area (Å²) in [6, 6.07) is 1.40. The predicted octanol–water partition coefficient (Wildman–Crippen LogP) is -1.29. The second kappa shape index (κ2) is 8.40. The quantitative estimate of drug-likeness (QED) is 0.343. The maximum Gasteiger partial charge on any atom is 0.351 e. The molecule has 1 aromatic heterocycles. The van der Waals surface area contributed by atoms with Gasteiger partial charge in [0.15, 0.2) is 6.23 Å². The van der Waals surface area contributed by atoms with Crippen LogP contribution >= 0.6 is 11.8 Å². The highest BCUT2D eigenvalue weighted by Crippen LogP contribution is 2.28. The molecule has 0 spiro atoms. The standard InChI is InChI=1S/C13H19ClN4O6/c14-17-8-3-5-18(13(22)16-8)12-11(21)10(20)7(24-12)6-23-9(19)2-1-4-15/h3,5,7,10-12,20-21H,1-2,4,6,15H2,(H,16,17,22). The lowest BCUT2D eigenvalue weighted by molar-refractivity contribution is -0.150. The number of ether oxygens (including phenoxy) is 2. The molecule has 1 aromatic rings. The fraction of sp³-hybridized carbons (Fsp3) is 0.615. The van der Waals surface area contributed by atoms with Crippen LogP contribution in [0.1, 0.15) is 19.1 Å². The van der Waals surface area contributed by atoms with Crippen molar-refractivity contribution in [1.82, 2.24) is 9.55 Å². The van der Waals surface area contributed by atoms with Gasteiger partial charge in [0.25, 0.3) is 0 Å². The highest BCUT2D eigenvalue weighted by molar-refractivity contribution is 6.23. The summed E-state index contributed by atoms with van der Waals surface area (Å²) in [6.45, 7) is 0.114. The van der Waals surface area contributed by atoms with Crippen LogP contribution in [0.3, 0.4) is 0 Å². The Morgan fingerprint density at radius 1 is 1.50 bits per heavy atom. The second-order valence-electron chi connectivity index (χ2n) is 5.22. The molecule has 0 saturated carbocycles. The molecule has 0 bridgehead atoms. The van der Waals surface area contributed by atoms with Crippen LogP contribution in [0.25, 0.3) is 0 Å². The SMILES string of the molecule is NCCCC(=O)OCC1OC(n2ccc(NCl)nc2=O)C(O)C1O. The van der Waals surface area contributed by atoms with Crippen molar-refractivity contribution in [3.05, 3.63) is 22.7 Å². The minimum absolute atomic E-state index is 0.135. The zero-order chi connectivity index (χ0) is 17.7. The summed E-state index contributed by atoms with van der Waals surface area (Å²) in [4.78, 5) is 29.2. The van der Waals surface area contributed by atoms with Gasteiger partial charge in [0, 0.05) is 24.4 Å². The third-order valence-electron chi connectivity index (χ3n) is 3.53. The Kier molecular flexibility index (Phi) is 6.52. The van der Waals surface area contributed by atoms with Gasteiger partial charge in [-0.1, -0.05) is 0 Å². The van der Waals surface area contributed by atoms with Gasteiger partial charge in [0.1, 0.15) is 30.7 Å². The van der Waals surface area contributed by atoms with Crippen molar-refractivity contribution in [1.29, 1.82) is 0 Å². The van der Waals surface area contributed by atoms with Crippen LogP contribution in [-0.4, -0.2) is 57.2 Å². The molecule has 0 aromatic carbocycles. The average Bonchev–Trinajstić information content (AvgIpc) is 2.86. The Labute approximate surface area is 142 Å². The van der Waals surface area contributed by atoms with Crippen LogP contribution in [0, 0.1) is 0 Å². The molecule has 0 radical (unpaired) electrons. The summed E-state index contributed by atoms with van der Waals surface area (Å²) >= 11 is 5.36. The number of carbonyl (C=O) groups excluding carboxylic acids is 1. The average molecular weight is 363 g/mol. The molecule has 0 amide bonds. The maximum atomic E-state index is 11.9. The first kappa shape index (κ1) is 18.6. The van der Waals surface area contributed by atoms with E-state index >= 15 is 0 Å².